The highest BCUT2D eigenvalue weighted by Gasteiger charge is 2.31. The van der Waals surface area contributed by atoms with E-state index in [4.69, 9.17) is 4.74 Å². The van der Waals surface area contributed by atoms with Crippen LogP contribution in [0.15, 0.2) is 40.7 Å². The van der Waals surface area contributed by atoms with Crippen LogP contribution < -0.4 is 4.74 Å². The maximum absolute atomic E-state index is 12.8. The van der Waals surface area contributed by atoms with Gasteiger partial charge in [-0.25, -0.2) is 8.42 Å². The molecule has 5 nitrogen and oxygen atoms in total. The van der Waals surface area contributed by atoms with Crippen LogP contribution in [-0.2, 0) is 10.0 Å². The number of aromatic nitrogens is 1. The highest BCUT2D eigenvalue weighted by atomic mass is 32.2. The quantitative estimate of drug-likeness (QED) is 0.729. The number of piperidine rings is 1. The van der Waals surface area contributed by atoms with E-state index >= 15 is 0 Å². The minimum atomic E-state index is -3.36. The Balaban J connectivity index is 1.54. The molecule has 0 aliphatic carbocycles. The summed E-state index contributed by atoms with van der Waals surface area (Å²) in [4.78, 5) is 4.34. The third-order valence-electron chi connectivity index (χ3n) is 5.12. The predicted octanol–water partition coefficient (Wildman–Crippen LogP) is 4.11. The summed E-state index contributed by atoms with van der Waals surface area (Å²) in [5.74, 6) is 1.19. The molecule has 7 heteroatoms. The van der Waals surface area contributed by atoms with E-state index in [9.17, 15) is 8.42 Å². The number of nitrogens with one attached hydrogen (secondary N) is 1. The fourth-order valence-electron chi connectivity index (χ4n) is 3.67. The normalized spacial score (nSPS) is 17.0. The Hall–Kier alpha value is -1.83. The maximum atomic E-state index is 12.8. The first-order valence-corrected chi connectivity index (χ1v) is 11.0. The van der Waals surface area contributed by atoms with Crippen LogP contribution in [0.5, 0.6) is 5.75 Å². The molecule has 1 aliphatic heterocycles. The van der Waals surface area contributed by atoms with Gasteiger partial charge in [0.05, 0.1) is 7.11 Å². The summed E-state index contributed by atoms with van der Waals surface area (Å²) in [6.07, 6.45) is 3.71. The Morgan fingerprint density at radius 2 is 1.96 bits per heavy atom. The molecule has 4 rings (SSSR count). The molecule has 3 heterocycles. The zero-order valence-corrected chi connectivity index (χ0v) is 16.5. The molecule has 0 unspecified atom stereocenters. The van der Waals surface area contributed by atoms with Crippen LogP contribution >= 0.6 is 11.3 Å². The first-order valence-electron chi connectivity index (χ1n) is 8.70. The third-order valence-corrected chi connectivity index (χ3v) is 8.49. The molecule has 0 saturated carbocycles. The molecule has 0 radical (unpaired) electrons. The fraction of sp³-hybridized carbons (Fsp3) is 0.368. The van der Waals surface area contributed by atoms with Crippen molar-refractivity contribution in [1.82, 2.24) is 9.29 Å². The van der Waals surface area contributed by atoms with E-state index in [0.29, 0.717) is 23.2 Å². The number of benzene rings is 1. The van der Waals surface area contributed by atoms with E-state index < -0.39 is 10.0 Å². The topological polar surface area (TPSA) is 62.4 Å². The van der Waals surface area contributed by atoms with Crippen LogP contribution in [0.3, 0.4) is 0 Å². The van der Waals surface area contributed by atoms with Crippen LogP contribution in [0.4, 0.5) is 0 Å². The van der Waals surface area contributed by atoms with E-state index in [1.165, 1.54) is 22.3 Å². The van der Waals surface area contributed by atoms with Gasteiger partial charge in [-0.3, -0.25) is 0 Å². The van der Waals surface area contributed by atoms with Crippen LogP contribution in [0, 0.1) is 6.92 Å². The average Bonchev–Trinajstić information content (AvgIpc) is 3.27. The zero-order valence-electron chi connectivity index (χ0n) is 14.9. The number of sulfonamides is 1. The second kappa shape index (κ2) is 6.72. The van der Waals surface area contributed by atoms with Gasteiger partial charge in [-0.15, -0.1) is 11.3 Å². The summed E-state index contributed by atoms with van der Waals surface area (Å²) in [5, 5.41) is 1.17. The van der Waals surface area contributed by atoms with Gasteiger partial charge in [0.15, 0.2) is 0 Å². The van der Waals surface area contributed by atoms with E-state index in [0.717, 1.165) is 29.0 Å². The molecule has 1 N–H and O–H groups in total. The lowest BCUT2D eigenvalue weighted by Crippen LogP contribution is -2.37. The molecule has 1 aromatic carbocycles. The van der Waals surface area contributed by atoms with Crippen molar-refractivity contribution in [2.24, 2.45) is 0 Å². The van der Waals surface area contributed by atoms with Crippen molar-refractivity contribution in [3.63, 3.8) is 0 Å². The number of thiophene rings is 1. The van der Waals surface area contributed by atoms with Crippen molar-refractivity contribution < 1.29 is 13.2 Å². The van der Waals surface area contributed by atoms with Gasteiger partial charge >= 0.3 is 0 Å². The SMILES string of the molecule is COc1ccc2[nH]cc(C3CCN(S(=O)(=O)c4ccc(C)s4)CC3)c2c1. The number of aromatic amines is 1. The highest BCUT2D eigenvalue weighted by Crippen LogP contribution is 2.36. The number of methoxy groups -OCH3 is 1. The lowest BCUT2D eigenvalue weighted by atomic mass is 9.90. The molecule has 3 aromatic rings. The Labute approximate surface area is 157 Å². The molecule has 2 aromatic heterocycles. The minimum absolute atomic E-state index is 0.354. The Bertz CT molecular complexity index is 1030. The van der Waals surface area contributed by atoms with Crippen molar-refractivity contribution in [3.05, 3.63) is 47.0 Å². The van der Waals surface area contributed by atoms with Gasteiger partial charge in [0.2, 0.25) is 0 Å². The van der Waals surface area contributed by atoms with Gasteiger partial charge in [-0.05, 0) is 61.6 Å². The van der Waals surface area contributed by atoms with E-state index in [1.807, 2.05) is 25.1 Å². The predicted molar refractivity (Wildman–Crippen MR) is 105 cm³/mol. The number of hydrogen-bond donors (Lipinski definition) is 1. The number of ether oxygens (including phenoxy) is 1. The molecule has 1 fully saturated rings. The average molecular weight is 391 g/mol. The van der Waals surface area contributed by atoms with Gasteiger partial charge in [0.1, 0.15) is 9.96 Å². The number of rotatable bonds is 4. The van der Waals surface area contributed by atoms with Crippen LogP contribution in [-0.4, -0.2) is 37.9 Å². The lowest BCUT2D eigenvalue weighted by Gasteiger charge is -2.30. The Morgan fingerprint density at radius 3 is 2.62 bits per heavy atom. The maximum Gasteiger partial charge on any atom is 0.252 e. The van der Waals surface area contributed by atoms with Crippen molar-refractivity contribution in [2.45, 2.75) is 29.9 Å². The second-order valence-corrected chi connectivity index (χ2v) is 10.2. The minimum Gasteiger partial charge on any atom is -0.497 e. The third kappa shape index (κ3) is 3.04. The molecule has 1 aliphatic rings. The highest BCUT2D eigenvalue weighted by molar-refractivity contribution is 7.91. The smallest absolute Gasteiger partial charge is 0.252 e. The first kappa shape index (κ1) is 17.6. The summed E-state index contributed by atoms with van der Waals surface area (Å²) in [7, 11) is -1.69. The summed E-state index contributed by atoms with van der Waals surface area (Å²) in [5.41, 5.74) is 2.34. The summed E-state index contributed by atoms with van der Waals surface area (Å²) >= 11 is 1.34. The first-order chi connectivity index (χ1) is 12.5. The second-order valence-electron chi connectivity index (χ2n) is 6.70. The number of aryl methyl sites for hydroxylation is 1. The number of hydrogen-bond acceptors (Lipinski definition) is 4. The van der Waals surface area contributed by atoms with Crippen molar-refractivity contribution >= 4 is 32.3 Å². The number of fused-ring (bicyclic) bond motifs is 1. The van der Waals surface area contributed by atoms with Crippen molar-refractivity contribution in [1.29, 1.82) is 0 Å². The Morgan fingerprint density at radius 1 is 1.19 bits per heavy atom. The standard InChI is InChI=1S/C19H22N2O3S2/c1-13-3-6-19(25-13)26(22,23)21-9-7-14(8-10-21)17-12-20-18-5-4-15(24-2)11-16(17)18/h3-6,11-12,14,20H,7-10H2,1-2H3. The summed E-state index contributed by atoms with van der Waals surface area (Å²) in [6, 6.07) is 9.60. The molecule has 26 heavy (non-hydrogen) atoms. The Kier molecular flexibility index (Phi) is 4.54. The van der Waals surface area contributed by atoms with Gasteiger partial charge in [0, 0.05) is 35.1 Å². The van der Waals surface area contributed by atoms with Crippen LogP contribution in [0.25, 0.3) is 10.9 Å². The number of nitrogens with zero attached hydrogens (tertiary/aromatic N) is 1. The molecule has 138 valence electrons. The monoisotopic (exact) mass is 390 g/mol. The van der Waals surface area contributed by atoms with Gasteiger partial charge in [0.25, 0.3) is 10.0 Å². The molecular formula is C19H22N2O3S2. The van der Waals surface area contributed by atoms with Crippen LogP contribution in [0.1, 0.15) is 29.2 Å². The van der Waals surface area contributed by atoms with Crippen molar-refractivity contribution in [3.8, 4) is 5.75 Å². The number of H-pyrrole nitrogens is 1. The van der Waals surface area contributed by atoms with E-state index in [1.54, 1.807) is 17.5 Å². The van der Waals surface area contributed by atoms with Gasteiger partial charge < -0.3 is 9.72 Å². The van der Waals surface area contributed by atoms with Crippen LogP contribution in [0.2, 0.25) is 0 Å². The van der Waals surface area contributed by atoms with Gasteiger partial charge in [-0.1, -0.05) is 0 Å². The zero-order chi connectivity index (χ0) is 18.3. The molecule has 0 atom stereocenters. The van der Waals surface area contributed by atoms with Crippen molar-refractivity contribution in [2.75, 3.05) is 20.2 Å². The van der Waals surface area contributed by atoms with Gasteiger partial charge in [-0.2, -0.15) is 4.31 Å². The lowest BCUT2D eigenvalue weighted by molar-refractivity contribution is 0.321. The van der Waals surface area contributed by atoms with E-state index in [-0.39, 0.29) is 0 Å². The molecule has 0 amide bonds. The fourth-order valence-corrected chi connectivity index (χ4v) is 6.58. The summed E-state index contributed by atoms with van der Waals surface area (Å²) < 4.78 is 33.0. The largest absolute Gasteiger partial charge is 0.497 e. The molecular weight excluding hydrogens is 368 g/mol. The molecule has 0 spiro atoms. The molecule has 1 saturated heterocycles. The summed E-state index contributed by atoms with van der Waals surface area (Å²) in [6.45, 7) is 3.04. The van der Waals surface area contributed by atoms with E-state index in [2.05, 4.69) is 17.2 Å². The molecule has 0 bridgehead atoms.